The summed E-state index contributed by atoms with van der Waals surface area (Å²) in [4.78, 5) is 28.8. The van der Waals surface area contributed by atoms with Gasteiger partial charge in [0, 0.05) is 0 Å². The smallest absolute Gasteiger partial charge is 0.251 e. The second kappa shape index (κ2) is 5.78. The van der Waals surface area contributed by atoms with Crippen LogP contribution in [0.4, 0.5) is 5.69 Å². The number of hydrogen-bond donors (Lipinski definition) is 0. The second-order valence-electron chi connectivity index (χ2n) is 6.42. The van der Waals surface area contributed by atoms with E-state index in [0.29, 0.717) is 12.1 Å². The lowest BCUT2D eigenvalue weighted by Gasteiger charge is -2.30. The Balaban J connectivity index is 1.64. The van der Waals surface area contributed by atoms with Crippen LogP contribution in [0.3, 0.4) is 0 Å². The predicted molar refractivity (Wildman–Crippen MR) is 90.3 cm³/mol. The number of nitrogens with zero attached hydrogens (tertiary/aromatic N) is 2. The van der Waals surface area contributed by atoms with E-state index in [1.165, 1.54) is 11.3 Å². The Kier molecular flexibility index (Phi) is 3.62. The summed E-state index contributed by atoms with van der Waals surface area (Å²) in [5, 5.41) is 2.16. The molecular weight excluding hydrogens is 288 g/mol. The van der Waals surface area contributed by atoms with E-state index < -0.39 is 0 Å². The van der Waals surface area contributed by atoms with Gasteiger partial charge in [0.1, 0.15) is 0 Å². The third-order valence-corrected chi connectivity index (χ3v) is 4.95. The average molecular weight is 308 g/mol. The van der Waals surface area contributed by atoms with Crippen LogP contribution in [-0.2, 0) is 9.59 Å². The maximum atomic E-state index is 12.8. The van der Waals surface area contributed by atoms with Crippen molar-refractivity contribution in [3.8, 4) is 0 Å². The maximum Gasteiger partial charge on any atom is 0.251 e. The summed E-state index contributed by atoms with van der Waals surface area (Å²) in [7, 11) is 0. The molecule has 0 spiro atoms. The largest absolute Gasteiger partial charge is 0.292 e. The maximum absolute atomic E-state index is 12.8. The van der Waals surface area contributed by atoms with Gasteiger partial charge in [-0.2, -0.15) is 0 Å². The van der Waals surface area contributed by atoms with Crippen molar-refractivity contribution >= 4 is 28.3 Å². The van der Waals surface area contributed by atoms with E-state index in [0.717, 1.165) is 36.7 Å². The number of likely N-dealkylation sites (tertiary alicyclic amines) is 1. The summed E-state index contributed by atoms with van der Waals surface area (Å²) in [6.45, 7) is 1.85. The summed E-state index contributed by atoms with van der Waals surface area (Å²) in [6, 6.07) is 13.5. The zero-order valence-corrected chi connectivity index (χ0v) is 13.1. The lowest BCUT2D eigenvalue weighted by molar-refractivity contribution is -0.123. The number of hydrogen-bond acceptors (Lipinski definition) is 3. The molecule has 2 heterocycles. The molecule has 0 bridgehead atoms. The number of rotatable bonds is 2. The van der Waals surface area contributed by atoms with Crippen molar-refractivity contribution in [1.82, 2.24) is 4.90 Å². The van der Waals surface area contributed by atoms with E-state index in [4.69, 9.17) is 0 Å². The monoisotopic (exact) mass is 308 g/mol. The third kappa shape index (κ3) is 2.53. The molecule has 0 saturated carbocycles. The molecule has 23 heavy (non-hydrogen) atoms. The van der Waals surface area contributed by atoms with Crippen LogP contribution in [0.25, 0.3) is 10.8 Å². The average Bonchev–Trinajstić information content (AvgIpc) is 2.90. The molecule has 2 amide bonds. The van der Waals surface area contributed by atoms with Crippen molar-refractivity contribution in [3.05, 3.63) is 42.5 Å². The lowest BCUT2D eigenvalue weighted by Crippen LogP contribution is -2.44. The van der Waals surface area contributed by atoms with Crippen LogP contribution in [0.2, 0.25) is 0 Å². The minimum atomic E-state index is -0.269. The van der Waals surface area contributed by atoms with Crippen LogP contribution < -0.4 is 4.90 Å². The predicted octanol–water partition coefficient (Wildman–Crippen LogP) is 2.96. The van der Waals surface area contributed by atoms with Crippen LogP contribution in [0, 0.1) is 0 Å². The zero-order valence-electron chi connectivity index (χ0n) is 13.1. The number of piperidine rings is 1. The molecule has 2 aromatic carbocycles. The molecule has 2 saturated heterocycles. The minimum absolute atomic E-state index is 0.0628. The number of imide groups is 1. The summed E-state index contributed by atoms with van der Waals surface area (Å²) in [5.41, 5.74) is 0.693. The SMILES string of the molecule is O=C1CC(N2CCCCC2)C(=O)N1c1ccc2ccccc2c1. The van der Waals surface area contributed by atoms with E-state index in [2.05, 4.69) is 4.90 Å². The highest BCUT2D eigenvalue weighted by molar-refractivity contribution is 6.22. The van der Waals surface area contributed by atoms with Crippen molar-refractivity contribution in [2.75, 3.05) is 18.0 Å². The zero-order chi connectivity index (χ0) is 15.8. The first kappa shape index (κ1) is 14.4. The van der Waals surface area contributed by atoms with Gasteiger partial charge in [-0.15, -0.1) is 0 Å². The van der Waals surface area contributed by atoms with Crippen molar-refractivity contribution < 1.29 is 9.59 Å². The quantitative estimate of drug-likeness (QED) is 0.801. The topological polar surface area (TPSA) is 40.6 Å². The van der Waals surface area contributed by atoms with Gasteiger partial charge in [-0.1, -0.05) is 36.8 Å². The molecule has 0 aliphatic carbocycles. The van der Waals surface area contributed by atoms with E-state index in [-0.39, 0.29) is 17.9 Å². The molecular formula is C19H20N2O2. The van der Waals surface area contributed by atoms with Gasteiger partial charge in [0.05, 0.1) is 18.2 Å². The number of benzene rings is 2. The Hall–Kier alpha value is -2.20. The van der Waals surface area contributed by atoms with Gasteiger partial charge in [-0.3, -0.25) is 14.5 Å². The van der Waals surface area contributed by atoms with Crippen molar-refractivity contribution in [1.29, 1.82) is 0 Å². The van der Waals surface area contributed by atoms with Crippen LogP contribution in [-0.4, -0.2) is 35.8 Å². The Labute approximate surface area is 135 Å². The molecule has 0 N–H and O–H groups in total. The van der Waals surface area contributed by atoms with Crippen LogP contribution >= 0.6 is 0 Å². The molecule has 2 aliphatic heterocycles. The van der Waals surface area contributed by atoms with E-state index in [9.17, 15) is 9.59 Å². The van der Waals surface area contributed by atoms with Gasteiger partial charge in [0.2, 0.25) is 5.91 Å². The Morgan fingerprint density at radius 3 is 2.39 bits per heavy atom. The van der Waals surface area contributed by atoms with Crippen LogP contribution in [0.5, 0.6) is 0 Å². The first-order valence-electron chi connectivity index (χ1n) is 8.34. The summed E-state index contributed by atoms with van der Waals surface area (Å²) in [6.07, 6.45) is 3.77. The molecule has 1 atom stereocenters. The number of fused-ring (bicyclic) bond motifs is 1. The Morgan fingerprint density at radius 2 is 1.61 bits per heavy atom. The molecule has 0 aromatic heterocycles. The number of anilines is 1. The summed E-state index contributed by atoms with van der Waals surface area (Å²) in [5.74, 6) is -0.145. The summed E-state index contributed by atoms with van der Waals surface area (Å²) >= 11 is 0. The minimum Gasteiger partial charge on any atom is -0.292 e. The van der Waals surface area contributed by atoms with Gasteiger partial charge in [-0.05, 0) is 48.8 Å². The van der Waals surface area contributed by atoms with Gasteiger partial charge in [-0.25, -0.2) is 4.90 Å². The van der Waals surface area contributed by atoms with Gasteiger partial charge < -0.3 is 0 Å². The standard InChI is InChI=1S/C19H20N2O2/c22-18-13-17(20-10-4-1-5-11-20)19(23)21(18)16-9-8-14-6-2-3-7-15(14)12-16/h2-3,6-9,12,17H,1,4-5,10-11,13H2. The highest BCUT2D eigenvalue weighted by atomic mass is 16.2. The Bertz CT molecular complexity index is 765. The fraction of sp³-hybridized carbons (Fsp3) is 0.368. The second-order valence-corrected chi connectivity index (χ2v) is 6.42. The Morgan fingerprint density at radius 1 is 0.870 bits per heavy atom. The van der Waals surface area contributed by atoms with Gasteiger partial charge in [0.25, 0.3) is 5.91 Å². The molecule has 4 rings (SSSR count). The molecule has 0 radical (unpaired) electrons. The highest BCUT2D eigenvalue weighted by Crippen LogP contribution is 2.29. The van der Waals surface area contributed by atoms with Gasteiger partial charge in [0.15, 0.2) is 0 Å². The number of carbonyl (C=O) groups excluding carboxylic acids is 2. The normalized spacial score (nSPS) is 23.0. The highest BCUT2D eigenvalue weighted by Gasteiger charge is 2.42. The number of amides is 2. The fourth-order valence-corrected chi connectivity index (χ4v) is 3.72. The van der Waals surface area contributed by atoms with Crippen LogP contribution in [0.1, 0.15) is 25.7 Å². The first-order valence-corrected chi connectivity index (χ1v) is 8.34. The first-order chi connectivity index (χ1) is 11.2. The van der Waals surface area contributed by atoms with Crippen molar-refractivity contribution in [3.63, 3.8) is 0 Å². The molecule has 118 valence electrons. The molecule has 2 aliphatic rings. The van der Waals surface area contributed by atoms with Gasteiger partial charge >= 0.3 is 0 Å². The van der Waals surface area contributed by atoms with Crippen molar-refractivity contribution in [2.24, 2.45) is 0 Å². The lowest BCUT2D eigenvalue weighted by atomic mass is 10.1. The number of carbonyl (C=O) groups is 2. The molecule has 4 heteroatoms. The van der Waals surface area contributed by atoms with Crippen LogP contribution in [0.15, 0.2) is 42.5 Å². The molecule has 4 nitrogen and oxygen atoms in total. The molecule has 1 unspecified atom stereocenters. The van der Waals surface area contributed by atoms with Crippen molar-refractivity contribution in [2.45, 2.75) is 31.7 Å². The third-order valence-electron chi connectivity index (χ3n) is 4.95. The van der Waals surface area contributed by atoms with E-state index in [1.807, 2.05) is 42.5 Å². The molecule has 2 aromatic rings. The van der Waals surface area contributed by atoms with E-state index >= 15 is 0 Å². The summed E-state index contributed by atoms with van der Waals surface area (Å²) < 4.78 is 0. The molecule has 2 fully saturated rings. The van der Waals surface area contributed by atoms with E-state index in [1.54, 1.807) is 0 Å². The fourth-order valence-electron chi connectivity index (χ4n) is 3.72.